The maximum Gasteiger partial charge on any atom is 0.639 e. The van der Waals surface area contributed by atoms with E-state index in [9.17, 15) is 0 Å². The maximum absolute atomic E-state index is 5.25. The van der Waals surface area contributed by atoms with Crippen LogP contribution in [0.15, 0.2) is 0 Å². The summed E-state index contributed by atoms with van der Waals surface area (Å²) in [5, 5.41) is 0. The van der Waals surface area contributed by atoms with Crippen LogP contribution in [0.25, 0.3) is 0 Å². The van der Waals surface area contributed by atoms with Crippen LogP contribution >= 0.6 is 0 Å². The molecule has 0 N–H and O–H groups in total. The van der Waals surface area contributed by atoms with Gasteiger partial charge in [0.25, 0.3) is 0 Å². The molecule has 0 rings (SSSR count). The number of hydrogen-bond donors (Lipinski definition) is 0. The van der Waals surface area contributed by atoms with E-state index in [1.54, 1.807) is 14.2 Å². The van der Waals surface area contributed by atoms with Gasteiger partial charge in [-0.05, 0) is 13.3 Å². The predicted molar refractivity (Wildman–Crippen MR) is 40.6 cm³/mol. The summed E-state index contributed by atoms with van der Waals surface area (Å²) in [6.07, 6.45) is 1.15. The van der Waals surface area contributed by atoms with Crippen molar-refractivity contribution in [1.82, 2.24) is 0 Å². The smallest absolute Gasteiger partial charge is 0.389 e. The average Bonchev–Trinajstić information content (AvgIpc) is 1.99. The van der Waals surface area contributed by atoms with Crippen LogP contribution in [0.5, 0.6) is 0 Å². The molecule has 0 aromatic heterocycles. The largest absolute Gasteiger partial charge is 0.639 e. The molecule has 10 heavy (non-hydrogen) atoms. The molecule has 0 aliphatic heterocycles. The van der Waals surface area contributed by atoms with Crippen molar-refractivity contribution in [2.45, 2.75) is 26.4 Å². The summed E-state index contributed by atoms with van der Waals surface area (Å²) in [6.45, 7) is 4.03. The molecular formula is C6H15BO3. The molecular weight excluding hydrogens is 131 g/mol. The zero-order chi connectivity index (χ0) is 7.98. The lowest BCUT2D eigenvalue weighted by Gasteiger charge is -2.13. The molecule has 1 unspecified atom stereocenters. The van der Waals surface area contributed by atoms with Crippen molar-refractivity contribution in [1.29, 1.82) is 0 Å². The summed E-state index contributed by atoms with van der Waals surface area (Å²) in [4.78, 5) is 0. The third kappa shape index (κ3) is 3.87. The minimum absolute atomic E-state index is 0.185. The first-order chi connectivity index (χ1) is 4.74. The Labute approximate surface area is 62.8 Å². The van der Waals surface area contributed by atoms with E-state index in [-0.39, 0.29) is 6.10 Å². The summed E-state index contributed by atoms with van der Waals surface area (Å²) in [7, 11) is 2.59. The Morgan fingerprint density at radius 3 is 2.10 bits per heavy atom. The van der Waals surface area contributed by atoms with Crippen molar-refractivity contribution < 1.29 is 14.0 Å². The second-order valence-corrected chi connectivity index (χ2v) is 2.12. The monoisotopic (exact) mass is 146 g/mol. The lowest BCUT2D eigenvalue weighted by molar-refractivity contribution is 0.0932. The molecule has 0 aliphatic carbocycles. The quantitative estimate of drug-likeness (QED) is 0.543. The fourth-order valence-electron chi connectivity index (χ4n) is 0.493. The summed E-state index contributed by atoms with van der Waals surface area (Å²) in [6, 6.07) is 0. The zero-order valence-electron chi connectivity index (χ0n) is 7.09. The molecule has 0 saturated heterocycles. The van der Waals surface area contributed by atoms with Crippen molar-refractivity contribution in [3.05, 3.63) is 0 Å². The van der Waals surface area contributed by atoms with Crippen LogP contribution in [-0.4, -0.2) is 27.6 Å². The molecule has 0 bridgehead atoms. The zero-order valence-corrected chi connectivity index (χ0v) is 7.09. The van der Waals surface area contributed by atoms with Crippen LogP contribution in [0.4, 0.5) is 0 Å². The van der Waals surface area contributed by atoms with Crippen LogP contribution in [0, 0.1) is 0 Å². The van der Waals surface area contributed by atoms with E-state index in [0.29, 0.717) is 0 Å². The Morgan fingerprint density at radius 1 is 1.30 bits per heavy atom. The Balaban J connectivity index is 3.41. The van der Waals surface area contributed by atoms with Crippen LogP contribution in [0.3, 0.4) is 0 Å². The van der Waals surface area contributed by atoms with Crippen molar-refractivity contribution in [2.75, 3.05) is 14.2 Å². The van der Waals surface area contributed by atoms with E-state index in [0.717, 1.165) is 6.42 Å². The van der Waals surface area contributed by atoms with Gasteiger partial charge in [0.1, 0.15) is 0 Å². The van der Waals surface area contributed by atoms with Gasteiger partial charge in [-0.2, -0.15) is 0 Å². The molecule has 60 valence electrons. The van der Waals surface area contributed by atoms with Crippen molar-refractivity contribution in [3.63, 3.8) is 0 Å². The number of hydrogen-bond acceptors (Lipinski definition) is 3. The van der Waals surface area contributed by atoms with Crippen molar-refractivity contribution >= 4 is 7.32 Å². The van der Waals surface area contributed by atoms with Gasteiger partial charge in [-0.3, -0.25) is 0 Å². The van der Waals surface area contributed by atoms with Gasteiger partial charge in [0.2, 0.25) is 0 Å². The van der Waals surface area contributed by atoms with E-state index < -0.39 is 7.32 Å². The Bertz CT molecular complexity index is 75.4. The molecule has 0 radical (unpaired) electrons. The Morgan fingerprint density at radius 2 is 1.80 bits per heavy atom. The highest BCUT2D eigenvalue weighted by Crippen LogP contribution is 1.99. The molecule has 0 spiro atoms. The van der Waals surface area contributed by atoms with Crippen LogP contribution in [0.1, 0.15) is 20.3 Å². The second-order valence-electron chi connectivity index (χ2n) is 2.12. The molecule has 0 aromatic rings. The SMILES string of the molecule is CCC(C)OB(OC)OC. The highest BCUT2D eigenvalue weighted by Gasteiger charge is 2.19. The lowest BCUT2D eigenvalue weighted by Crippen LogP contribution is -2.28. The van der Waals surface area contributed by atoms with Crippen molar-refractivity contribution in [2.24, 2.45) is 0 Å². The van der Waals surface area contributed by atoms with Gasteiger partial charge in [0, 0.05) is 20.3 Å². The molecule has 0 aliphatic rings. The molecule has 1 atom stereocenters. The van der Waals surface area contributed by atoms with Gasteiger partial charge < -0.3 is 14.0 Å². The van der Waals surface area contributed by atoms with E-state index >= 15 is 0 Å². The van der Waals surface area contributed by atoms with Gasteiger partial charge in [0.15, 0.2) is 0 Å². The molecule has 0 fully saturated rings. The topological polar surface area (TPSA) is 27.7 Å². The molecule has 4 heteroatoms. The normalized spacial score (nSPS) is 13.2. The Hall–Kier alpha value is -0.0551. The van der Waals surface area contributed by atoms with Gasteiger partial charge in [0.05, 0.1) is 0 Å². The third-order valence-corrected chi connectivity index (χ3v) is 1.30. The van der Waals surface area contributed by atoms with Crippen molar-refractivity contribution in [3.8, 4) is 0 Å². The molecule has 0 heterocycles. The Kier molecular flexibility index (Phi) is 5.68. The van der Waals surface area contributed by atoms with E-state index in [1.165, 1.54) is 0 Å². The minimum atomic E-state index is -0.519. The molecule has 3 nitrogen and oxygen atoms in total. The van der Waals surface area contributed by atoms with E-state index in [1.807, 2.05) is 13.8 Å². The van der Waals surface area contributed by atoms with Crippen LogP contribution < -0.4 is 0 Å². The molecule has 0 saturated carbocycles. The lowest BCUT2D eigenvalue weighted by atomic mass is 10.2. The van der Waals surface area contributed by atoms with Gasteiger partial charge in [-0.15, -0.1) is 0 Å². The number of rotatable bonds is 5. The average molecular weight is 146 g/mol. The highest BCUT2D eigenvalue weighted by atomic mass is 16.7. The van der Waals surface area contributed by atoms with E-state index in [4.69, 9.17) is 14.0 Å². The highest BCUT2D eigenvalue weighted by molar-refractivity contribution is 6.36. The van der Waals surface area contributed by atoms with Gasteiger partial charge >= 0.3 is 7.32 Å². The predicted octanol–water partition coefficient (Wildman–Crippen LogP) is 1.08. The van der Waals surface area contributed by atoms with Gasteiger partial charge in [-0.1, -0.05) is 6.92 Å². The van der Waals surface area contributed by atoms with Crippen LogP contribution in [0.2, 0.25) is 0 Å². The fraction of sp³-hybridized carbons (Fsp3) is 1.00. The van der Waals surface area contributed by atoms with Crippen LogP contribution in [-0.2, 0) is 14.0 Å². The maximum atomic E-state index is 5.25. The molecule has 0 aromatic carbocycles. The fourth-order valence-corrected chi connectivity index (χ4v) is 0.493. The summed E-state index contributed by atoms with van der Waals surface area (Å²) in [5.74, 6) is 0. The van der Waals surface area contributed by atoms with E-state index in [2.05, 4.69) is 0 Å². The first-order valence-corrected chi connectivity index (χ1v) is 3.45. The first kappa shape index (κ1) is 9.94. The summed E-state index contributed by atoms with van der Waals surface area (Å²) >= 11 is 0. The first-order valence-electron chi connectivity index (χ1n) is 3.45. The third-order valence-electron chi connectivity index (χ3n) is 1.30. The minimum Gasteiger partial charge on any atom is -0.389 e. The molecule has 0 amide bonds. The summed E-state index contributed by atoms with van der Waals surface area (Å²) < 4.78 is 14.9. The summed E-state index contributed by atoms with van der Waals surface area (Å²) in [5.41, 5.74) is 0. The standard InChI is InChI=1S/C6H15BO3/c1-5-6(2)10-7(8-3)9-4/h6H,5H2,1-4H3. The van der Waals surface area contributed by atoms with Gasteiger partial charge in [-0.25, -0.2) is 0 Å². The second kappa shape index (κ2) is 5.71.